The Hall–Kier alpha value is -14.4. The molecule has 3 aromatic heterocycles. The van der Waals surface area contributed by atoms with Crippen LogP contribution in [0.4, 0.5) is 51.2 Å². The molecule has 0 unspecified atom stereocenters. The second-order valence-electron chi connectivity index (χ2n) is 37.3. The Labute approximate surface area is 757 Å². The maximum Gasteiger partial charge on any atom is 0.252 e. The van der Waals surface area contributed by atoms with Gasteiger partial charge in [0.15, 0.2) is 0 Å². The van der Waals surface area contributed by atoms with Crippen molar-refractivity contribution in [2.45, 2.75) is 105 Å². The fourth-order valence-corrected chi connectivity index (χ4v) is 19.2. The Morgan fingerprint density at radius 3 is 0.968 bits per heavy atom. The van der Waals surface area contributed by atoms with Gasteiger partial charge in [-0.25, -0.2) is 0 Å². The minimum absolute atomic E-state index is 0.101. The summed E-state index contributed by atoms with van der Waals surface area (Å²) in [6.07, 6.45) is 0. The molecular weight excluding hydrogens is 1510 g/mol. The number of rotatable bonds is 12. The van der Waals surface area contributed by atoms with Gasteiger partial charge >= 0.3 is 0 Å². The first kappa shape index (κ1) is 60.2. The molecule has 7 heteroatoms. The molecule has 0 amide bonds. The average Bonchev–Trinajstić information content (AvgIpc) is 1.29. The summed E-state index contributed by atoms with van der Waals surface area (Å²) in [6, 6.07) is 86.6. The highest BCUT2D eigenvalue weighted by atomic mass is 15.2. The lowest BCUT2D eigenvalue weighted by Crippen LogP contribution is -2.61. The highest BCUT2D eigenvalue weighted by Crippen LogP contribution is 2.57. The number of nitrogens with zero attached hydrogens (tertiary/aromatic N) is 6. The van der Waals surface area contributed by atoms with Crippen LogP contribution in [0.25, 0.3) is 127 Å². The Morgan fingerprint density at radius 1 is 0.248 bits per heavy atom. The van der Waals surface area contributed by atoms with Gasteiger partial charge in [-0.05, 0) is 228 Å². The van der Waals surface area contributed by atoms with Crippen molar-refractivity contribution in [1.29, 1.82) is 0 Å². The van der Waals surface area contributed by atoms with E-state index in [2.05, 4.69) is 267 Å². The van der Waals surface area contributed by atoms with Crippen LogP contribution < -0.4 is 31.1 Å². The second-order valence-corrected chi connectivity index (χ2v) is 37.3. The lowest BCUT2D eigenvalue weighted by atomic mass is 9.33. The van der Waals surface area contributed by atoms with Crippen molar-refractivity contribution in [3.63, 3.8) is 0 Å². The van der Waals surface area contributed by atoms with Gasteiger partial charge in [0.1, 0.15) is 0 Å². The summed E-state index contributed by atoms with van der Waals surface area (Å²) in [4.78, 5) is 6.27. The molecule has 0 atom stereocenters. The first-order valence-electron chi connectivity index (χ1n) is 51.3. The number of benzene rings is 17. The molecule has 17 aromatic carbocycles. The van der Waals surface area contributed by atoms with E-state index in [0.29, 0.717) is 50.7 Å². The Morgan fingerprint density at radius 2 is 0.576 bits per heavy atom. The minimum Gasteiger partial charge on any atom is -0.310 e. The van der Waals surface area contributed by atoms with Gasteiger partial charge in [-0.1, -0.05) is 319 Å². The van der Waals surface area contributed by atoms with E-state index in [1.807, 2.05) is 77.4 Å². The number of hydrogen-bond donors (Lipinski definition) is 0. The van der Waals surface area contributed by atoms with Crippen LogP contribution in [0.3, 0.4) is 0 Å². The Balaban J connectivity index is 0.966. The normalized spacial score (nSPS) is 14.8. The van der Waals surface area contributed by atoms with E-state index < -0.39 is 108 Å². The van der Waals surface area contributed by atoms with Crippen LogP contribution in [0.1, 0.15) is 129 Å². The molecule has 0 saturated heterocycles. The third-order valence-electron chi connectivity index (χ3n) is 25.4. The predicted octanol–water partition coefficient (Wildman–Crippen LogP) is 30.4. The molecule has 20 aromatic rings. The van der Waals surface area contributed by atoms with Gasteiger partial charge in [-0.2, -0.15) is 0 Å². The van der Waals surface area contributed by atoms with Crippen molar-refractivity contribution in [2.75, 3.05) is 14.7 Å². The summed E-state index contributed by atoms with van der Waals surface area (Å²) in [6.45, 7) is 25.8. The van der Waals surface area contributed by atoms with Crippen LogP contribution in [0.2, 0.25) is 0 Å². The summed E-state index contributed by atoms with van der Waals surface area (Å²) in [5, 5.41) is 2.38. The smallest absolute Gasteiger partial charge is 0.252 e. The minimum atomic E-state index is -0.818. The van der Waals surface area contributed by atoms with Crippen molar-refractivity contribution in [3.8, 4) is 61.6 Å². The summed E-state index contributed by atoms with van der Waals surface area (Å²) in [5.41, 5.74) is 20.2. The van der Waals surface area contributed by atoms with Crippen LogP contribution in [-0.2, 0) is 21.7 Å². The van der Waals surface area contributed by atoms with E-state index in [1.54, 1.807) is 45.9 Å². The van der Waals surface area contributed by atoms with Gasteiger partial charge in [-0.15, -0.1) is 0 Å². The number of fused-ring (bicyclic) bond motifs is 13. The van der Waals surface area contributed by atoms with Gasteiger partial charge in [0.25, 0.3) is 6.71 Å². The molecule has 6 nitrogen and oxygen atoms in total. The SMILES string of the molecule is [2H]c1c([2H])c([2H])c(N(c2ccccc2)c2ccc3c(c2)c2c([2H])c([2H])c([2H])c([2H])c2n3-c2ccc3c(c2)N(c2c(-c4ccccc4)cc(C(C)(C)C)cc2-c2ccccc2)c2cc(-n4c5c([2H])c([2H])c([2H])c([2H])c5c5c([2H])c([2H])c([2H])c([2H])c54)cc4c2B3c2ccc(-n3c5ccc(C(C)(C)C)cc5c5cc(C(C)(C)C)ccc53)cc2N4c2c(-c3ccccc3)cc(C(C)(C)C)cc2-c2ccccc2)c([2H])c1[2H]. The molecule has 0 saturated carbocycles. The number of anilines is 9. The van der Waals surface area contributed by atoms with E-state index in [4.69, 9.17) is 4.11 Å². The third-order valence-corrected chi connectivity index (χ3v) is 25.4. The fourth-order valence-electron chi connectivity index (χ4n) is 19.2. The molecule has 125 heavy (non-hydrogen) atoms. The third kappa shape index (κ3) is 12.7. The molecule has 0 spiro atoms. The number of hydrogen-bond acceptors (Lipinski definition) is 3. The summed E-state index contributed by atoms with van der Waals surface area (Å²) in [5.74, 6) is 0. The monoisotopic (exact) mass is 1630 g/mol. The lowest BCUT2D eigenvalue weighted by molar-refractivity contribution is 0.590. The molecule has 0 N–H and O–H groups in total. The maximum absolute atomic E-state index is 10.5. The molecule has 2 aliphatic heterocycles. The van der Waals surface area contributed by atoms with Gasteiger partial charge in [0.2, 0.25) is 0 Å². The zero-order valence-corrected chi connectivity index (χ0v) is 71.8. The standard InChI is InChI=1S/C118H99BN6/c1-115(2,3)80-55-62-105-97(65-80)98-66-81(116(4,5)6)56-63-106(98)122(105)88-58-61-101-109(73-88)125(114-95(78-41-23-15-24-42-78)69-83(118(10,11)12)70-96(114)79-43-25-16-26-44-79)111-75-89(123-102-52-34-31-49-90(102)91-50-32-35-53-103(91)123)74-110-112(111)119(101)100-60-57-87(72-108(100)124(110)113-93(76-37-19-13-20-38-76)67-82(117(7,8)9)68-94(113)77-39-21-14-22-40-77)121-104-54-36-33-51-92(104)99-71-86(59-64-107(99)121)120(84-45-27-17-28-46-84)85-47-29-18-30-48-85/h13-75H,1-12H3/i17D,27D,28D,31D,32D,33D,34D,35D,36D,45D,46D,49D,50D,51D,52D,53D,54D. The van der Waals surface area contributed by atoms with E-state index >= 15 is 0 Å². The predicted molar refractivity (Wildman–Crippen MR) is 535 cm³/mol. The van der Waals surface area contributed by atoms with Crippen molar-refractivity contribution in [2.24, 2.45) is 0 Å². The van der Waals surface area contributed by atoms with E-state index in [0.717, 1.165) is 122 Å². The van der Waals surface area contributed by atoms with Gasteiger partial charge in [0, 0.05) is 106 Å². The topological polar surface area (TPSA) is 24.5 Å². The molecule has 2 aliphatic rings. The molecule has 22 rings (SSSR count). The molecule has 5 heterocycles. The number of para-hydroxylation sites is 5. The van der Waals surface area contributed by atoms with Crippen LogP contribution in [0.15, 0.2) is 382 Å². The molecule has 0 aliphatic carbocycles. The Kier molecular flexibility index (Phi) is 14.0. The highest BCUT2D eigenvalue weighted by Gasteiger charge is 2.47. The van der Waals surface area contributed by atoms with Gasteiger partial charge in [-0.3, -0.25) is 0 Å². The van der Waals surface area contributed by atoms with Crippen LogP contribution in [0.5, 0.6) is 0 Å². The summed E-state index contributed by atoms with van der Waals surface area (Å²) >= 11 is 0. The van der Waals surface area contributed by atoms with Gasteiger partial charge in [0.05, 0.1) is 73.5 Å². The van der Waals surface area contributed by atoms with Crippen molar-refractivity contribution in [3.05, 3.63) is 404 Å². The van der Waals surface area contributed by atoms with Crippen molar-refractivity contribution in [1.82, 2.24) is 13.7 Å². The van der Waals surface area contributed by atoms with E-state index in [1.165, 1.54) is 0 Å². The number of aromatic nitrogens is 3. The first-order chi connectivity index (χ1) is 67.6. The zero-order valence-electron chi connectivity index (χ0n) is 88.8. The van der Waals surface area contributed by atoms with Crippen LogP contribution in [-0.4, -0.2) is 20.4 Å². The molecule has 0 fully saturated rings. The van der Waals surface area contributed by atoms with E-state index in [9.17, 15) is 19.2 Å². The van der Waals surface area contributed by atoms with E-state index in [-0.39, 0.29) is 67.0 Å². The maximum atomic E-state index is 10.5. The van der Waals surface area contributed by atoms with Gasteiger partial charge < -0.3 is 28.4 Å². The zero-order chi connectivity index (χ0) is 99.9. The molecule has 0 radical (unpaired) electrons. The lowest BCUT2D eigenvalue weighted by Gasteiger charge is -2.46. The second kappa shape index (κ2) is 29.1. The highest BCUT2D eigenvalue weighted by molar-refractivity contribution is 7.00. The largest absolute Gasteiger partial charge is 0.310 e. The van der Waals surface area contributed by atoms with Crippen LogP contribution in [0, 0.1) is 0 Å². The van der Waals surface area contributed by atoms with Crippen molar-refractivity contribution >= 4 is 140 Å². The Bertz CT molecular complexity index is 8500. The molecule has 604 valence electrons. The summed E-state index contributed by atoms with van der Waals surface area (Å²) in [7, 11) is 0. The molecular formula is C118H99BN6. The van der Waals surface area contributed by atoms with Crippen LogP contribution >= 0.6 is 0 Å². The van der Waals surface area contributed by atoms with Crippen molar-refractivity contribution < 1.29 is 23.3 Å². The molecule has 0 bridgehead atoms. The quantitative estimate of drug-likeness (QED) is 0.114. The fraction of sp³-hybridized carbons (Fsp3) is 0.136. The average molecular weight is 1630 g/mol. The first-order valence-corrected chi connectivity index (χ1v) is 42.8. The summed E-state index contributed by atoms with van der Waals surface area (Å²) < 4.78 is 171.